The van der Waals surface area contributed by atoms with Gasteiger partial charge in [-0.25, -0.2) is 9.97 Å². The SMILES string of the molecule is Cc1cc(CCCCCNc2ccnc3cc(Cl)ccc23)nc(Cl)n1. The van der Waals surface area contributed by atoms with Crippen molar-refractivity contribution in [3.63, 3.8) is 0 Å². The third-order valence-corrected chi connectivity index (χ3v) is 4.41. The fourth-order valence-corrected chi connectivity index (χ4v) is 3.24. The van der Waals surface area contributed by atoms with Gasteiger partial charge in [-0.05, 0) is 68.1 Å². The number of unbranched alkanes of at least 4 members (excludes halogenated alkanes) is 2. The molecule has 0 unspecified atom stereocenters. The van der Waals surface area contributed by atoms with Crippen molar-refractivity contribution in [1.29, 1.82) is 0 Å². The Balaban J connectivity index is 1.46. The predicted octanol–water partition coefficient (Wildman–Crippen LogP) is 5.46. The number of hydrogen-bond donors (Lipinski definition) is 1. The highest BCUT2D eigenvalue weighted by atomic mass is 35.5. The first-order chi connectivity index (χ1) is 12.1. The molecule has 25 heavy (non-hydrogen) atoms. The zero-order valence-corrected chi connectivity index (χ0v) is 15.6. The van der Waals surface area contributed by atoms with Crippen LogP contribution in [-0.2, 0) is 6.42 Å². The molecule has 0 spiro atoms. The summed E-state index contributed by atoms with van der Waals surface area (Å²) < 4.78 is 0. The second kappa shape index (κ2) is 8.45. The number of aromatic nitrogens is 3. The number of hydrogen-bond acceptors (Lipinski definition) is 4. The Labute approximate surface area is 157 Å². The first-order valence-electron chi connectivity index (χ1n) is 8.40. The number of anilines is 1. The molecule has 0 atom stereocenters. The summed E-state index contributed by atoms with van der Waals surface area (Å²) in [6, 6.07) is 9.79. The van der Waals surface area contributed by atoms with Crippen LogP contribution in [-0.4, -0.2) is 21.5 Å². The van der Waals surface area contributed by atoms with Gasteiger partial charge in [0.25, 0.3) is 0 Å². The molecule has 130 valence electrons. The molecule has 3 rings (SSSR count). The molecule has 0 amide bonds. The molecule has 0 saturated carbocycles. The number of rotatable bonds is 7. The van der Waals surface area contributed by atoms with Gasteiger partial charge in [0.15, 0.2) is 0 Å². The summed E-state index contributed by atoms with van der Waals surface area (Å²) in [5.41, 5.74) is 3.94. The van der Waals surface area contributed by atoms with Gasteiger partial charge in [0, 0.05) is 40.2 Å². The van der Waals surface area contributed by atoms with Crippen molar-refractivity contribution in [2.24, 2.45) is 0 Å². The van der Waals surface area contributed by atoms with Gasteiger partial charge >= 0.3 is 0 Å². The third-order valence-electron chi connectivity index (χ3n) is 4.01. The fourth-order valence-electron chi connectivity index (χ4n) is 2.83. The van der Waals surface area contributed by atoms with Crippen LogP contribution in [0.4, 0.5) is 5.69 Å². The molecule has 1 aromatic carbocycles. The fraction of sp³-hybridized carbons (Fsp3) is 0.316. The van der Waals surface area contributed by atoms with E-state index in [9.17, 15) is 0 Å². The van der Waals surface area contributed by atoms with Gasteiger partial charge in [-0.15, -0.1) is 0 Å². The van der Waals surface area contributed by atoms with Crippen LogP contribution < -0.4 is 5.32 Å². The van der Waals surface area contributed by atoms with Crippen LogP contribution in [0.1, 0.15) is 30.7 Å². The monoisotopic (exact) mass is 374 g/mol. The standard InChI is InChI=1S/C19H20Cl2N4/c1-13-11-15(25-19(21)24-13)5-3-2-4-9-22-17-8-10-23-18-12-14(20)6-7-16(17)18/h6-8,10-12H,2-5,9H2,1H3,(H,22,23). The van der Waals surface area contributed by atoms with Crippen LogP contribution >= 0.6 is 23.2 Å². The summed E-state index contributed by atoms with van der Waals surface area (Å²) in [6.45, 7) is 2.86. The van der Waals surface area contributed by atoms with Crippen LogP contribution in [0.5, 0.6) is 0 Å². The normalized spacial score (nSPS) is 11.0. The average molecular weight is 375 g/mol. The van der Waals surface area contributed by atoms with Crippen molar-refractivity contribution in [1.82, 2.24) is 15.0 Å². The summed E-state index contributed by atoms with van der Waals surface area (Å²) in [5.74, 6) is 0. The van der Waals surface area contributed by atoms with Gasteiger partial charge in [-0.1, -0.05) is 18.0 Å². The Hall–Kier alpha value is -1.91. The van der Waals surface area contributed by atoms with E-state index in [-0.39, 0.29) is 0 Å². The van der Waals surface area contributed by atoms with Crippen molar-refractivity contribution in [3.8, 4) is 0 Å². The minimum absolute atomic E-state index is 0.335. The number of halogens is 2. The summed E-state index contributed by atoms with van der Waals surface area (Å²) in [6.07, 6.45) is 6.04. The van der Waals surface area contributed by atoms with E-state index in [1.807, 2.05) is 43.5 Å². The van der Waals surface area contributed by atoms with Gasteiger partial charge in [0.2, 0.25) is 5.28 Å². The molecule has 2 aromatic heterocycles. The van der Waals surface area contributed by atoms with Crippen molar-refractivity contribution < 1.29 is 0 Å². The van der Waals surface area contributed by atoms with Gasteiger partial charge in [0.1, 0.15) is 0 Å². The van der Waals surface area contributed by atoms with Crippen molar-refractivity contribution in [2.75, 3.05) is 11.9 Å². The van der Waals surface area contributed by atoms with E-state index in [1.165, 1.54) is 0 Å². The molecule has 0 aliphatic rings. The lowest BCUT2D eigenvalue weighted by Crippen LogP contribution is -2.03. The summed E-state index contributed by atoms with van der Waals surface area (Å²) in [5, 5.41) is 5.63. The zero-order valence-electron chi connectivity index (χ0n) is 14.1. The Morgan fingerprint density at radius 2 is 1.88 bits per heavy atom. The molecule has 1 N–H and O–H groups in total. The number of pyridine rings is 1. The van der Waals surface area contributed by atoms with E-state index >= 15 is 0 Å². The van der Waals surface area contributed by atoms with Crippen molar-refractivity contribution in [2.45, 2.75) is 32.6 Å². The molecule has 4 nitrogen and oxygen atoms in total. The second-order valence-electron chi connectivity index (χ2n) is 6.03. The molecule has 6 heteroatoms. The summed E-state index contributed by atoms with van der Waals surface area (Å²) in [4.78, 5) is 12.7. The van der Waals surface area contributed by atoms with Crippen LogP contribution in [0.15, 0.2) is 36.5 Å². The molecule has 0 radical (unpaired) electrons. The maximum absolute atomic E-state index is 6.02. The van der Waals surface area contributed by atoms with Crippen molar-refractivity contribution >= 4 is 39.8 Å². The molecule has 2 heterocycles. The zero-order chi connectivity index (χ0) is 17.6. The highest BCUT2D eigenvalue weighted by molar-refractivity contribution is 6.31. The maximum atomic E-state index is 6.02. The molecule has 3 aromatic rings. The Bertz CT molecular complexity index is 847. The first-order valence-corrected chi connectivity index (χ1v) is 9.15. The highest BCUT2D eigenvalue weighted by Crippen LogP contribution is 2.24. The van der Waals surface area contributed by atoms with E-state index < -0.39 is 0 Å². The number of aryl methyl sites for hydroxylation is 2. The van der Waals surface area contributed by atoms with E-state index in [0.717, 1.165) is 60.2 Å². The molecular formula is C19H20Cl2N4. The van der Waals surface area contributed by atoms with Crippen LogP contribution in [0.2, 0.25) is 10.3 Å². The molecule has 0 saturated heterocycles. The lowest BCUT2D eigenvalue weighted by molar-refractivity contribution is 0.688. The van der Waals surface area contributed by atoms with Crippen LogP contribution in [0.25, 0.3) is 10.9 Å². The summed E-state index contributed by atoms with van der Waals surface area (Å²) in [7, 11) is 0. The number of benzene rings is 1. The van der Waals surface area contributed by atoms with Crippen LogP contribution in [0.3, 0.4) is 0 Å². The second-order valence-corrected chi connectivity index (χ2v) is 6.80. The molecule has 0 aliphatic carbocycles. The molecular weight excluding hydrogens is 355 g/mol. The van der Waals surface area contributed by atoms with E-state index in [2.05, 4.69) is 20.3 Å². The van der Waals surface area contributed by atoms with E-state index in [1.54, 1.807) is 0 Å². The van der Waals surface area contributed by atoms with Gasteiger partial charge in [0.05, 0.1) is 5.52 Å². The number of nitrogens with zero attached hydrogens (tertiary/aromatic N) is 3. The molecule has 0 fully saturated rings. The third kappa shape index (κ3) is 5.03. The van der Waals surface area contributed by atoms with Crippen molar-refractivity contribution in [3.05, 3.63) is 58.2 Å². The Kier molecular flexibility index (Phi) is 6.05. The predicted molar refractivity (Wildman–Crippen MR) is 105 cm³/mol. The summed E-state index contributed by atoms with van der Waals surface area (Å²) >= 11 is 11.9. The molecule has 0 bridgehead atoms. The molecule has 0 aliphatic heterocycles. The largest absolute Gasteiger partial charge is 0.384 e. The highest BCUT2D eigenvalue weighted by Gasteiger charge is 2.03. The minimum Gasteiger partial charge on any atom is -0.384 e. The lowest BCUT2D eigenvalue weighted by atomic mass is 10.1. The number of fused-ring (bicyclic) bond motifs is 1. The van der Waals surface area contributed by atoms with Crippen LogP contribution in [0, 0.1) is 6.92 Å². The smallest absolute Gasteiger partial charge is 0.222 e. The van der Waals surface area contributed by atoms with Gasteiger partial charge < -0.3 is 5.32 Å². The lowest BCUT2D eigenvalue weighted by Gasteiger charge is -2.09. The van der Waals surface area contributed by atoms with Gasteiger partial charge in [-0.2, -0.15) is 0 Å². The Morgan fingerprint density at radius 3 is 2.72 bits per heavy atom. The van der Waals surface area contributed by atoms with E-state index in [0.29, 0.717) is 10.3 Å². The van der Waals surface area contributed by atoms with E-state index in [4.69, 9.17) is 23.2 Å². The number of nitrogens with one attached hydrogen (secondary N) is 1. The first kappa shape index (κ1) is 17.9. The van der Waals surface area contributed by atoms with Gasteiger partial charge in [-0.3, -0.25) is 4.98 Å². The average Bonchev–Trinajstić information content (AvgIpc) is 2.57. The Morgan fingerprint density at radius 1 is 1.00 bits per heavy atom. The topological polar surface area (TPSA) is 50.7 Å². The maximum Gasteiger partial charge on any atom is 0.222 e. The minimum atomic E-state index is 0.335. The quantitative estimate of drug-likeness (QED) is 0.440.